The van der Waals surface area contributed by atoms with Crippen molar-refractivity contribution in [2.24, 2.45) is 5.92 Å². The van der Waals surface area contributed by atoms with E-state index < -0.39 is 28.9 Å². The van der Waals surface area contributed by atoms with Gasteiger partial charge in [-0.15, -0.1) is 0 Å². The van der Waals surface area contributed by atoms with Crippen LogP contribution in [0.25, 0.3) is 0 Å². The van der Waals surface area contributed by atoms with Crippen LogP contribution in [0.3, 0.4) is 0 Å². The van der Waals surface area contributed by atoms with Crippen LogP contribution in [0.15, 0.2) is 12.1 Å². The molecule has 1 heterocycles. The van der Waals surface area contributed by atoms with Crippen molar-refractivity contribution < 1.29 is 28.2 Å². The van der Waals surface area contributed by atoms with Crippen molar-refractivity contribution in [1.29, 1.82) is 0 Å². The minimum atomic E-state index is -0.717. The van der Waals surface area contributed by atoms with Gasteiger partial charge in [0.05, 0.1) is 13.0 Å². The van der Waals surface area contributed by atoms with Gasteiger partial charge in [-0.1, -0.05) is 19.9 Å². The second-order valence-corrected chi connectivity index (χ2v) is 11.6. The maximum Gasteiger partial charge on any atom is 0.410 e. The van der Waals surface area contributed by atoms with Crippen LogP contribution in [-0.4, -0.2) is 47.9 Å². The van der Waals surface area contributed by atoms with E-state index in [9.17, 15) is 9.59 Å². The Hall–Kier alpha value is -2.31. The molecule has 7 heteroatoms. The topological polar surface area (TPSA) is 65.1 Å². The highest BCUT2D eigenvalue weighted by Crippen LogP contribution is 2.42. The van der Waals surface area contributed by atoms with Gasteiger partial charge in [0, 0.05) is 18.2 Å². The zero-order valence-electron chi connectivity index (χ0n) is 22.5. The lowest BCUT2D eigenvalue weighted by molar-refractivity contribution is -0.159. The number of esters is 1. The number of ether oxygens (including phenoxy) is 3. The van der Waals surface area contributed by atoms with Crippen LogP contribution in [0, 0.1) is 11.7 Å². The number of piperidine rings is 1. The lowest BCUT2D eigenvalue weighted by Gasteiger charge is -2.41. The Labute approximate surface area is 204 Å². The van der Waals surface area contributed by atoms with Crippen molar-refractivity contribution in [3.63, 3.8) is 0 Å². The molecule has 0 N–H and O–H groups in total. The van der Waals surface area contributed by atoms with Crippen molar-refractivity contribution in [2.45, 2.75) is 104 Å². The summed E-state index contributed by atoms with van der Waals surface area (Å²) in [5.41, 5.74) is 0.0126. The van der Waals surface area contributed by atoms with E-state index in [1.807, 2.05) is 68.4 Å². The molecule has 2 rings (SSSR count). The van der Waals surface area contributed by atoms with Crippen molar-refractivity contribution >= 4 is 12.1 Å². The first kappa shape index (κ1) is 27.9. The molecule has 0 radical (unpaired) electrons. The summed E-state index contributed by atoms with van der Waals surface area (Å²) >= 11 is 0. The number of nitrogens with zero attached hydrogens (tertiary/aromatic N) is 1. The molecule has 34 heavy (non-hydrogen) atoms. The molecule has 1 amide bonds. The molecule has 0 bridgehead atoms. The Balaban J connectivity index is 2.46. The summed E-state index contributed by atoms with van der Waals surface area (Å²) in [7, 11) is 1.41. The van der Waals surface area contributed by atoms with Gasteiger partial charge in [-0.05, 0) is 84.8 Å². The Morgan fingerprint density at radius 3 is 2.12 bits per heavy atom. The van der Waals surface area contributed by atoms with E-state index in [1.54, 1.807) is 4.90 Å². The lowest BCUT2D eigenvalue weighted by Crippen LogP contribution is -2.48. The third-order valence-corrected chi connectivity index (χ3v) is 5.98. The fourth-order valence-corrected chi connectivity index (χ4v) is 4.46. The molecular formula is C27H42FNO5. The molecule has 1 fully saturated rings. The van der Waals surface area contributed by atoms with E-state index in [-0.39, 0.29) is 29.7 Å². The first-order chi connectivity index (χ1) is 15.5. The highest BCUT2D eigenvalue weighted by molar-refractivity contribution is 5.80. The van der Waals surface area contributed by atoms with E-state index in [0.29, 0.717) is 24.9 Å². The normalized spacial score (nSPS) is 20.2. The van der Waals surface area contributed by atoms with Crippen molar-refractivity contribution in [3.05, 3.63) is 29.1 Å². The number of halogens is 1. The zero-order chi connectivity index (χ0) is 26.0. The second kappa shape index (κ2) is 10.5. The molecule has 6 nitrogen and oxygen atoms in total. The smallest absolute Gasteiger partial charge is 0.410 e. The van der Waals surface area contributed by atoms with Gasteiger partial charge in [0.2, 0.25) is 0 Å². The van der Waals surface area contributed by atoms with Gasteiger partial charge in [0.25, 0.3) is 0 Å². The quantitative estimate of drug-likeness (QED) is 0.456. The van der Waals surface area contributed by atoms with Crippen LogP contribution in [0.4, 0.5) is 9.18 Å². The van der Waals surface area contributed by atoms with Crippen LogP contribution in [-0.2, 0) is 14.3 Å². The standard InChI is InChI=1S/C27H42FNO5/c1-16(2)19-14-20(23(32-10)21(28)15-19)22(24(30)33-26(4,5)6)18-11-12-29(17(3)13-18)25(31)34-27(7,8)9/h14-18,22H,11-13H2,1-10H3/t17-,18-,22?/m1/s1. The van der Waals surface area contributed by atoms with Gasteiger partial charge in [-0.25, -0.2) is 9.18 Å². The zero-order valence-corrected chi connectivity index (χ0v) is 22.5. The Morgan fingerprint density at radius 1 is 1.06 bits per heavy atom. The van der Waals surface area contributed by atoms with Crippen molar-refractivity contribution in [3.8, 4) is 5.75 Å². The number of carbonyl (C=O) groups excluding carboxylic acids is 2. The first-order valence-electron chi connectivity index (χ1n) is 12.1. The van der Waals surface area contributed by atoms with Crippen LogP contribution < -0.4 is 4.74 Å². The van der Waals surface area contributed by atoms with Gasteiger partial charge in [-0.2, -0.15) is 0 Å². The minimum Gasteiger partial charge on any atom is -0.493 e. The maximum absolute atomic E-state index is 15.1. The maximum atomic E-state index is 15.1. The largest absolute Gasteiger partial charge is 0.493 e. The van der Waals surface area contributed by atoms with E-state index in [4.69, 9.17) is 14.2 Å². The SMILES string of the molecule is COc1c(F)cc(C(C)C)cc1C(C(=O)OC(C)(C)C)[C@@H]1CCN(C(=O)OC(C)(C)C)[C@H](C)C1. The van der Waals surface area contributed by atoms with Gasteiger partial charge < -0.3 is 19.1 Å². The van der Waals surface area contributed by atoms with E-state index in [2.05, 4.69) is 0 Å². The summed E-state index contributed by atoms with van der Waals surface area (Å²) in [6.45, 7) is 17.3. The summed E-state index contributed by atoms with van der Waals surface area (Å²) in [6.07, 6.45) is 0.752. The summed E-state index contributed by atoms with van der Waals surface area (Å²) < 4.78 is 31.9. The van der Waals surface area contributed by atoms with Crippen molar-refractivity contribution in [1.82, 2.24) is 4.90 Å². The number of methoxy groups -OCH3 is 1. The lowest BCUT2D eigenvalue weighted by atomic mass is 9.76. The Morgan fingerprint density at radius 2 is 1.65 bits per heavy atom. The molecule has 0 aromatic heterocycles. The molecule has 0 spiro atoms. The van der Waals surface area contributed by atoms with Crippen molar-refractivity contribution in [2.75, 3.05) is 13.7 Å². The van der Waals surface area contributed by atoms with Crippen LogP contribution >= 0.6 is 0 Å². The first-order valence-corrected chi connectivity index (χ1v) is 12.1. The molecule has 1 aliphatic heterocycles. The van der Waals surface area contributed by atoms with Gasteiger partial charge in [0.15, 0.2) is 11.6 Å². The number of rotatable bonds is 5. The number of hydrogen-bond donors (Lipinski definition) is 0. The number of hydrogen-bond acceptors (Lipinski definition) is 5. The number of amides is 1. The number of benzene rings is 1. The molecule has 1 aromatic carbocycles. The van der Waals surface area contributed by atoms with Crippen LogP contribution in [0.2, 0.25) is 0 Å². The Kier molecular flexibility index (Phi) is 8.65. The molecule has 0 saturated carbocycles. The molecule has 0 aliphatic carbocycles. The summed E-state index contributed by atoms with van der Waals surface area (Å²) in [5.74, 6) is -1.62. The molecule has 1 saturated heterocycles. The van der Waals surface area contributed by atoms with Gasteiger partial charge in [0.1, 0.15) is 11.2 Å². The fraction of sp³-hybridized carbons (Fsp3) is 0.704. The molecule has 1 unspecified atom stereocenters. The van der Waals surface area contributed by atoms with Gasteiger partial charge in [-0.3, -0.25) is 4.79 Å². The highest BCUT2D eigenvalue weighted by atomic mass is 19.1. The number of likely N-dealkylation sites (tertiary alicyclic amines) is 1. The predicted molar refractivity (Wildman–Crippen MR) is 131 cm³/mol. The summed E-state index contributed by atoms with van der Waals surface area (Å²) in [5, 5.41) is 0. The average molecular weight is 480 g/mol. The summed E-state index contributed by atoms with van der Waals surface area (Å²) in [6, 6.07) is 3.18. The average Bonchev–Trinajstić information content (AvgIpc) is 2.65. The molecule has 192 valence electrons. The third kappa shape index (κ3) is 7.09. The molecular weight excluding hydrogens is 437 g/mol. The third-order valence-electron chi connectivity index (χ3n) is 5.98. The monoisotopic (exact) mass is 479 g/mol. The molecule has 3 atom stereocenters. The van der Waals surface area contributed by atoms with Gasteiger partial charge >= 0.3 is 12.1 Å². The van der Waals surface area contributed by atoms with Crippen LogP contribution in [0.5, 0.6) is 5.75 Å². The fourth-order valence-electron chi connectivity index (χ4n) is 4.46. The minimum absolute atomic E-state index is 0.0717. The number of carbonyl (C=O) groups is 2. The highest BCUT2D eigenvalue weighted by Gasteiger charge is 2.41. The Bertz CT molecular complexity index is 884. The second-order valence-electron chi connectivity index (χ2n) is 11.6. The molecule has 1 aliphatic rings. The predicted octanol–water partition coefficient (Wildman–Crippen LogP) is 6.42. The van der Waals surface area contributed by atoms with E-state index in [1.165, 1.54) is 13.2 Å². The van der Waals surface area contributed by atoms with E-state index >= 15 is 4.39 Å². The van der Waals surface area contributed by atoms with E-state index in [0.717, 1.165) is 5.56 Å². The molecule has 1 aromatic rings. The van der Waals surface area contributed by atoms with Crippen LogP contribution in [0.1, 0.15) is 98.1 Å². The summed E-state index contributed by atoms with van der Waals surface area (Å²) in [4.78, 5) is 27.9.